The quantitative estimate of drug-likeness (QED) is 0.389. The first-order valence-corrected chi connectivity index (χ1v) is 12.2. The fourth-order valence-corrected chi connectivity index (χ4v) is 8.15. The van der Waals surface area contributed by atoms with Crippen LogP contribution in [-0.4, -0.2) is 31.8 Å². The monoisotopic (exact) mass is 542 g/mol. The Hall–Kier alpha value is -2.70. The van der Waals surface area contributed by atoms with E-state index in [-0.39, 0.29) is 47.8 Å². The highest BCUT2D eigenvalue weighted by molar-refractivity contribution is 7.92. The van der Waals surface area contributed by atoms with Gasteiger partial charge in [0.2, 0.25) is 0 Å². The van der Waals surface area contributed by atoms with E-state index in [1.165, 1.54) is 0 Å². The van der Waals surface area contributed by atoms with Gasteiger partial charge in [-0.05, 0) is 67.0 Å². The first-order valence-electron chi connectivity index (χ1n) is 10.7. The molecule has 2 aromatic carbocycles. The summed E-state index contributed by atoms with van der Waals surface area (Å²) in [5, 5.41) is 9.67. The molecule has 0 spiro atoms. The van der Waals surface area contributed by atoms with Crippen LogP contribution < -0.4 is 0 Å². The normalized spacial score (nSPS) is 24.8. The maximum atomic E-state index is 14.7. The maximum absolute atomic E-state index is 14.7. The van der Waals surface area contributed by atoms with Crippen molar-refractivity contribution in [2.45, 2.75) is 53.3 Å². The highest BCUT2D eigenvalue weighted by atomic mass is 32.2. The van der Waals surface area contributed by atoms with Crippen molar-refractivity contribution < 1.29 is 53.4 Å². The number of sulfone groups is 1. The van der Waals surface area contributed by atoms with E-state index in [2.05, 4.69) is 0 Å². The molecule has 1 saturated carbocycles. The van der Waals surface area contributed by atoms with E-state index in [9.17, 15) is 53.4 Å². The van der Waals surface area contributed by atoms with E-state index in [0.717, 1.165) is 24.3 Å². The highest BCUT2D eigenvalue weighted by Gasteiger charge is 2.73. The Morgan fingerprint density at radius 3 is 2.03 bits per heavy atom. The molecule has 0 saturated heterocycles. The first-order chi connectivity index (χ1) is 16.5. The molecule has 4 rings (SSSR count). The lowest BCUT2D eigenvalue weighted by molar-refractivity contribution is -0.348. The number of rotatable bonds is 4. The predicted molar refractivity (Wildman–Crippen MR) is 109 cm³/mol. The zero-order chi connectivity index (χ0) is 26.9. The molecule has 0 amide bonds. The molecule has 0 radical (unpaired) electrons. The van der Waals surface area contributed by atoms with Crippen molar-refractivity contribution in [3.63, 3.8) is 0 Å². The van der Waals surface area contributed by atoms with Gasteiger partial charge in [-0.2, -0.15) is 26.3 Å². The summed E-state index contributed by atoms with van der Waals surface area (Å²) in [6.07, 6.45) is -13.6. The Labute approximate surface area is 199 Å². The zero-order valence-corrected chi connectivity index (χ0v) is 18.9. The van der Waals surface area contributed by atoms with Crippen molar-refractivity contribution in [3.05, 3.63) is 65.0 Å². The van der Waals surface area contributed by atoms with Gasteiger partial charge in [-0.15, -0.1) is 0 Å². The molecule has 1 N–H and O–H groups in total. The van der Waals surface area contributed by atoms with Gasteiger partial charge in [0.15, 0.2) is 9.84 Å². The minimum absolute atomic E-state index is 0.125. The van der Waals surface area contributed by atoms with Crippen LogP contribution >= 0.6 is 0 Å². The van der Waals surface area contributed by atoms with Crippen LogP contribution in [0, 0.1) is 17.7 Å². The molecule has 3 atom stereocenters. The third kappa shape index (κ3) is 3.52. The van der Waals surface area contributed by atoms with Crippen molar-refractivity contribution in [2.24, 2.45) is 11.8 Å². The van der Waals surface area contributed by atoms with Crippen molar-refractivity contribution in [2.75, 3.05) is 0 Å². The molecule has 0 aliphatic heterocycles. The van der Waals surface area contributed by atoms with Gasteiger partial charge < -0.3 is 5.11 Å². The summed E-state index contributed by atoms with van der Waals surface area (Å²) in [4.78, 5) is 11.5. The second-order valence-corrected chi connectivity index (χ2v) is 11.2. The molecule has 0 aromatic heterocycles. The summed E-state index contributed by atoms with van der Waals surface area (Å²) in [6.45, 7) is 0. The lowest BCUT2D eigenvalue weighted by Gasteiger charge is -2.42. The Kier molecular flexibility index (Phi) is 5.97. The van der Waals surface area contributed by atoms with Gasteiger partial charge >= 0.3 is 24.0 Å². The van der Waals surface area contributed by atoms with Gasteiger partial charge in [0, 0.05) is 5.56 Å². The van der Waals surface area contributed by atoms with Crippen LogP contribution in [0.3, 0.4) is 0 Å². The smallest absolute Gasteiger partial charge is 0.435 e. The molecule has 2 aliphatic rings. The van der Waals surface area contributed by atoms with Gasteiger partial charge in [-0.1, -0.05) is 18.2 Å². The van der Waals surface area contributed by atoms with Gasteiger partial charge in [0.1, 0.15) is 10.6 Å². The third-order valence-corrected chi connectivity index (χ3v) is 9.88. The number of hydrogen-bond acceptors (Lipinski definition) is 3. The number of carboxylic acids is 1. The molecular formula is C23H18F8O4S. The summed E-state index contributed by atoms with van der Waals surface area (Å²) < 4.78 is 134. The zero-order valence-electron chi connectivity index (χ0n) is 18.1. The Balaban J connectivity index is 1.97. The average Bonchev–Trinajstić information content (AvgIpc) is 3.19. The van der Waals surface area contributed by atoms with Crippen LogP contribution in [0.5, 0.6) is 0 Å². The van der Waals surface area contributed by atoms with Gasteiger partial charge in [-0.25, -0.2) is 17.2 Å². The second-order valence-electron chi connectivity index (χ2n) is 9.00. The van der Waals surface area contributed by atoms with Crippen LogP contribution in [0.15, 0.2) is 47.4 Å². The summed E-state index contributed by atoms with van der Waals surface area (Å²) in [5.74, 6) is -4.28. The molecule has 0 bridgehead atoms. The molecule has 4 nitrogen and oxygen atoms in total. The van der Waals surface area contributed by atoms with E-state index < -0.39 is 61.8 Å². The lowest BCUT2D eigenvalue weighted by atomic mass is 9.72. The summed E-state index contributed by atoms with van der Waals surface area (Å²) >= 11 is 0. The van der Waals surface area contributed by atoms with Crippen LogP contribution in [-0.2, 0) is 31.5 Å². The van der Waals surface area contributed by atoms with Crippen molar-refractivity contribution in [1.82, 2.24) is 0 Å². The Bertz CT molecular complexity index is 1290. The number of hydrogen-bond donors (Lipinski definition) is 1. The Morgan fingerprint density at radius 1 is 0.917 bits per heavy atom. The second kappa shape index (κ2) is 8.15. The minimum atomic E-state index is -6.35. The van der Waals surface area contributed by atoms with E-state index >= 15 is 0 Å². The molecule has 2 aliphatic carbocycles. The van der Waals surface area contributed by atoms with E-state index in [0.29, 0.717) is 12.1 Å². The van der Waals surface area contributed by atoms with Crippen molar-refractivity contribution in [1.29, 1.82) is 0 Å². The topological polar surface area (TPSA) is 71.4 Å². The van der Waals surface area contributed by atoms with Crippen LogP contribution in [0.25, 0.3) is 0 Å². The third-order valence-electron chi connectivity index (χ3n) is 7.30. The molecule has 13 heteroatoms. The van der Waals surface area contributed by atoms with Crippen LogP contribution in [0.1, 0.15) is 36.0 Å². The van der Waals surface area contributed by atoms with Gasteiger partial charge in [-0.3, -0.25) is 4.79 Å². The van der Waals surface area contributed by atoms with E-state index in [1.807, 2.05) is 0 Å². The largest absolute Gasteiger partial charge is 0.481 e. The van der Waals surface area contributed by atoms with E-state index in [4.69, 9.17) is 0 Å². The number of aliphatic carboxylic acids is 1. The molecule has 2 aromatic rings. The molecule has 36 heavy (non-hydrogen) atoms. The van der Waals surface area contributed by atoms with Gasteiger partial charge in [0.25, 0.3) is 0 Å². The SMILES string of the molecule is O=C(O)C1CC[C@]2(S(=O)(=O)c3ccc(F)cc3)c3ccc(C(F)(C(F)(F)F)C(F)(F)F)cc3CCC12. The van der Waals surface area contributed by atoms with E-state index in [1.54, 1.807) is 0 Å². The standard InChI is InChI=1S/C23H18F8O4S/c24-14-3-5-15(6-4-14)36(34,35)20-10-9-16(19(32)33)18(20)7-1-12-11-13(2-8-17(12)20)21(25,22(26,27)28)23(29,30)31/h2-6,8,11,16,18H,1,7,9-10H2,(H,32,33)/t16?,18?,20-/m0/s1. The molecule has 0 heterocycles. The summed E-state index contributed by atoms with van der Waals surface area (Å²) in [5.41, 5.74) is -7.88. The molecule has 196 valence electrons. The fraction of sp³-hybridized carbons (Fsp3) is 0.435. The molecular weight excluding hydrogens is 524 g/mol. The first kappa shape index (κ1) is 26.4. The summed E-state index contributed by atoms with van der Waals surface area (Å²) in [7, 11) is -4.53. The number of carboxylic acid groups (broad SMARTS) is 1. The van der Waals surface area contributed by atoms with Crippen molar-refractivity contribution >= 4 is 15.8 Å². The number of halogens is 8. The molecule has 1 fully saturated rings. The average molecular weight is 542 g/mol. The predicted octanol–water partition coefficient (Wildman–Crippen LogP) is 5.84. The number of aryl methyl sites for hydroxylation is 1. The highest BCUT2D eigenvalue weighted by Crippen LogP contribution is 2.60. The number of alkyl halides is 7. The number of carbonyl (C=O) groups is 1. The minimum Gasteiger partial charge on any atom is -0.481 e. The van der Waals surface area contributed by atoms with Crippen LogP contribution in [0.2, 0.25) is 0 Å². The molecule has 2 unspecified atom stereocenters. The fourth-order valence-electron chi connectivity index (χ4n) is 5.67. The Morgan fingerprint density at radius 2 is 1.50 bits per heavy atom. The lowest BCUT2D eigenvalue weighted by Crippen LogP contribution is -2.51. The van der Waals surface area contributed by atoms with Gasteiger partial charge in [0.05, 0.1) is 10.8 Å². The van der Waals surface area contributed by atoms with Crippen molar-refractivity contribution in [3.8, 4) is 0 Å². The van der Waals surface area contributed by atoms with Crippen LogP contribution in [0.4, 0.5) is 35.1 Å². The number of fused-ring (bicyclic) bond motifs is 3. The maximum Gasteiger partial charge on any atom is 0.435 e. The summed E-state index contributed by atoms with van der Waals surface area (Å²) in [6, 6.07) is 4.95. The number of benzene rings is 2.